The van der Waals surface area contributed by atoms with E-state index in [1.165, 1.54) is 31.2 Å². The molecule has 4 nitrogen and oxygen atoms in total. The topological polar surface area (TPSA) is 67.3 Å². The molecule has 1 aromatic heterocycles. The van der Waals surface area contributed by atoms with Crippen molar-refractivity contribution in [2.24, 2.45) is 0 Å². The van der Waals surface area contributed by atoms with Gasteiger partial charge >= 0.3 is 12.1 Å². The lowest BCUT2D eigenvalue weighted by atomic mass is 10.0. The molecule has 1 aromatic carbocycles. The lowest BCUT2D eigenvalue weighted by molar-refractivity contribution is -0.142. The van der Waals surface area contributed by atoms with Gasteiger partial charge < -0.3 is 5.11 Å². The van der Waals surface area contributed by atoms with Crippen molar-refractivity contribution in [3.8, 4) is 0 Å². The smallest absolute Gasteiger partial charge is 0.434 e. The van der Waals surface area contributed by atoms with Crippen LogP contribution in [0.4, 0.5) is 22.0 Å². The first-order valence-corrected chi connectivity index (χ1v) is 8.36. The van der Waals surface area contributed by atoms with E-state index in [-0.39, 0.29) is 11.3 Å². The number of carboxylic acid groups (broad SMARTS) is 1. The molecule has 10 heteroatoms. The average Bonchev–Trinajstić information content (AvgIpc) is 2.58. The first-order valence-electron chi connectivity index (χ1n) is 7.21. The van der Waals surface area contributed by atoms with Gasteiger partial charge in [-0.25, -0.2) is 22.8 Å². The number of rotatable bonds is 5. The molecule has 0 amide bonds. The van der Waals surface area contributed by atoms with Gasteiger partial charge in [-0.3, -0.25) is 0 Å². The largest absolute Gasteiger partial charge is 0.478 e. The summed E-state index contributed by atoms with van der Waals surface area (Å²) in [4.78, 5) is 13.6. The fraction of sp³-hybridized carbons (Fsp3) is 0.250. The summed E-state index contributed by atoms with van der Waals surface area (Å²) in [6.45, 7) is 1.29. The second-order valence-corrected chi connectivity index (χ2v) is 6.48. The summed E-state index contributed by atoms with van der Waals surface area (Å²) in [5.74, 6) is -1.98. The molecule has 140 valence electrons. The number of carboxylic acids is 1. The second-order valence-electron chi connectivity index (χ2n) is 5.07. The van der Waals surface area contributed by atoms with Crippen LogP contribution in [0.2, 0.25) is 0 Å². The Bertz CT molecular complexity index is 853. The molecule has 0 fully saturated rings. The van der Waals surface area contributed by atoms with Gasteiger partial charge in [0.1, 0.15) is 5.69 Å². The monoisotopic (exact) mass is 393 g/mol. The van der Waals surface area contributed by atoms with Gasteiger partial charge in [-0.15, -0.1) is 0 Å². The predicted octanol–water partition coefficient (Wildman–Crippen LogP) is 4.47. The van der Waals surface area contributed by atoms with Crippen molar-refractivity contribution in [3.63, 3.8) is 0 Å². The van der Waals surface area contributed by atoms with Gasteiger partial charge in [0.25, 0.3) is 6.43 Å². The number of hydrogen-bond acceptors (Lipinski definition) is 3. The zero-order chi connectivity index (χ0) is 19.6. The summed E-state index contributed by atoms with van der Waals surface area (Å²) in [5, 5.41) is 9.22. The maximum absolute atomic E-state index is 13.4. The molecule has 0 bridgehead atoms. The summed E-state index contributed by atoms with van der Waals surface area (Å²) < 4.78 is 79.1. The van der Waals surface area contributed by atoms with Gasteiger partial charge in [0, 0.05) is 4.90 Å². The van der Waals surface area contributed by atoms with Crippen LogP contribution >= 0.6 is 0 Å². The van der Waals surface area contributed by atoms with Gasteiger partial charge in [-0.1, -0.05) is 25.1 Å². The van der Waals surface area contributed by atoms with Crippen molar-refractivity contribution >= 4 is 16.8 Å². The highest BCUT2D eigenvalue weighted by Gasteiger charge is 2.42. The molecule has 0 aliphatic heterocycles. The summed E-state index contributed by atoms with van der Waals surface area (Å²) in [5.41, 5.74) is -5.09. The molecule has 0 radical (unpaired) electrons. The molecule has 2 aromatic rings. The maximum atomic E-state index is 13.4. The van der Waals surface area contributed by atoms with Gasteiger partial charge in [0.05, 0.1) is 21.3 Å². The Labute approximate surface area is 147 Å². The third-order valence-corrected chi connectivity index (χ3v) is 4.99. The molecular weight excluding hydrogens is 381 g/mol. The van der Waals surface area contributed by atoms with Crippen molar-refractivity contribution in [1.82, 2.24) is 4.98 Å². The first-order chi connectivity index (χ1) is 12.1. The Morgan fingerprint density at radius 1 is 1.23 bits per heavy atom. The Hall–Kier alpha value is -2.36. The van der Waals surface area contributed by atoms with Crippen LogP contribution in [0.5, 0.6) is 0 Å². The number of benzene rings is 1. The summed E-state index contributed by atoms with van der Waals surface area (Å²) in [7, 11) is -2.33. The molecule has 0 saturated heterocycles. The van der Waals surface area contributed by atoms with Gasteiger partial charge in [0.2, 0.25) is 0 Å². The number of alkyl halides is 5. The van der Waals surface area contributed by atoms with Gasteiger partial charge in [-0.05, 0) is 24.1 Å². The van der Waals surface area contributed by atoms with Crippen molar-refractivity contribution in [2.75, 3.05) is 0 Å². The van der Waals surface area contributed by atoms with Crippen LogP contribution in [0.15, 0.2) is 40.1 Å². The van der Waals surface area contributed by atoms with E-state index in [0.717, 1.165) is 0 Å². The number of carbonyl (C=O) groups is 1. The highest BCUT2D eigenvalue weighted by Crippen LogP contribution is 2.39. The normalized spacial score (nSPS) is 13.0. The molecule has 2 rings (SSSR count). The Kier molecular flexibility index (Phi) is 5.74. The fourth-order valence-corrected chi connectivity index (χ4v) is 3.86. The third kappa shape index (κ3) is 3.74. The van der Waals surface area contributed by atoms with E-state index in [4.69, 9.17) is 0 Å². The van der Waals surface area contributed by atoms with Crippen molar-refractivity contribution in [2.45, 2.75) is 35.7 Å². The molecular formula is C16H12F5NO3S. The van der Waals surface area contributed by atoms with Gasteiger partial charge in [-0.2, -0.15) is 13.2 Å². The number of aromatic nitrogens is 1. The number of halogens is 5. The van der Waals surface area contributed by atoms with E-state index in [1.807, 2.05) is 0 Å². The van der Waals surface area contributed by atoms with Crippen LogP contribution < -0.4 is 0 Å². The summed E-state index contributed by atoms with van der Waals surface area (Å²) >= 11 is 0. The lowest BCUT2D eigenvalue weighted by Crippen LogP contribution is -2.22. The molecule has 0 aliphatic carbocycles. The predicted molar refractivity (Wildman–Crippen MR) is 81.6 cm³/mol. The quantitative estimate of drug-likeness (QED) is 0.762. The number of pyridine rings is 1. The summed E-state index contributed by atoms with van der Waals surface area (Å²) in [6.07, 6.45) is -9.07. The fourth-order valence-electron chi connectivity index (χ4n) is 2.43. The molecule has 1 heterocycles. The highest BCUT2D eigenvalue weighted by molar-refractivity contribution is 7.85. The molecule has 1 N–H and O–H groups in total. The number of hydrogen-bond donors (Lipinski definition) is 1. The standard InChI is InChI=1S/C16H12F5NO3S/c1-2-9-10(15(23)24)13(16(19,20)21)22-11(14(17)18)12(9)26(25)8-6-4-3-5-7-8/h3-7,14H,2H2,1H3,(H,23,24). The minimum Gasteiger partial charge on any atom is -0.478 e. The number of aromatic carboxylic acids is 1. The van der Waals surface area contributed by atoms with E-state index < -0.39 is 56.8 Å². The molecule has 0 saturated carbocycles. The van der Waals surface area contributed by atoms with Crippen LogP contribution in [-0.4, -0.2) is 20.3 Å². The Morgan fingerprint density at radius 2 is 1.81 bits per heavy atom. The molecule has 26 heavy (non-hydrogen) atoms. The zero-order valence-corrected chi connectivity index (χ0v) is 14.0. The van der Waals surface area contributed by atoms with E-state index >= 15 is 0 Å². The zero-order valence-electron chi connectivity index (χ0n) is 13.2. The molecule has 1 unspecified atom stereocenters. The minimum atomic E-state index is -5.26. The SMILES string of the molecule is CCc1c(C(=O)O)c(C(F)(F)F)nc(C(F)F)c1S(=O)c1ccccc1. The minimum absolute atomic E-state index is 0.0435. The van der Waals surface area contributed by atoms with Crippen LogP contribution in [0.25, 0.3) is 0 Å². The first kappa shape index (κ1) is 20.0. The lowest BCUT2D eigenvalue weighted by Gasteiger charge is -2.19. The Morgan fingerprint density at radius 3 is 2.23 bits per heavy atom. The van der Waals surface area contributed by atoms with E-state index in [2.05, 4.69) is 4.98 Å². The molecule has 0 spiro atoms. The van der Waals surface area contributed by atoms with E-state index in [9.17, 15) is 36.1 Å². The number of nitrogens with zero attached hydrogens (tertiary/aromatic N) is 1. The Balaban J connectivity index is 2.92. The van der Waals surface area contributed by atoms with Crippen LogP contribution in [-0.2, 0) is 23.4 Å². The van der Waals surface area contributed by atoms with E-state index in [1.54, 1.807) is 6.07 Å². The molecule has 0 aliphatic rings. The molecule has 1 atom stereocenters. The van der Waals surface area contributed by atoms with Crippen LogP contribution in [0.3, 0.4) is 0 Å². The van der Waals surface area contributed by atoms with Crippen molar-refractivity contribution < 1.29 is 36.1 Å². The maximum Gasteiger partial charge on any atom is 0.434 e. The van der Waals surface area contributed by atoms with Crippen molar-refractivity contribution in [3.05, 3.63) is 52.8 Å². The second kappa shape index (κ2) is 7.48. The summed E-state index contributed by atoms with van der Waals surface area (Å²) in [6, 6.07) is 7.18. The third-order valence-electron chi connectivity index (χ3n) is 3.46. The van der Waals surface area contributed by atoms with Crippen LogP contribution in [0, 0.1) is 0 Å². The van der Waals surface area contributed by atoms with Gasteiger partial charge in [0.15, 0.2) is 5.69 Å². The van der Waals surface area contributed by atoms with Crippen LogP contribution in [0.1, 0.15) is 40.7 Å². The highest BCUT2D eigenvalue weighted by atomic mass is 32.2. The van der Waals surface area contributed by atoms with Crippen molar-refractivity contribution in [1.29, 1.82) is 0 Å². The van der Waals surface area contributed by atoms with E-state index in [0.29, 0.717) is 0 Å². The average molecular weight is 393 g/mol.